The number of thiol groups is 1. The Morgan fingerprint density at radius 1 is 1.00 bits per heavy atom. The Morgan fingerprint density at radius 2 is 1.35 bits per heavy atom. The zero-order valence-electron chi connectivity index (χ0n) is 8.27. The van der Waals surface area contributed by atoms with Crippen LogP contribution in [-0.4, -0.2) is 52.2 Å². The summed E-state index contributed by atoms with van der Waals surface area (Å²) in [5, 5.41) is 34.9. The van der Waals surface area contributed by atoms with Crippen molar-refractivity contribution in [2.45, 2.75) is 18.3 Å². The molecule has 0 fully saturated rings. The molecule has 0 radical (unpaired) electrons. The van der Waals surface area contributed by atoms with Gasteiger partial charge in [-0.1, -0.05) is 0 Å². The highest BCUT2D eigenvalue weighted by molar-refractivity contribution is 7.73. The monoisotopic (exact) mass is 270 g/mol. The quantitative estimate of drug-likeness (QED) is 0.326. The molecular formula is C7H10O9S. The van der Waals surface area contributed by atoms with Gasteiger partial charge in [0, 0.05) is 0 Å². The molecule has 10 heteroatoms. The van der Waals surface area contributed by atoms with Crippen LogP contribution in [-0.2, 0) is 25.1 Å². The van der Waals surface area contributed by atoms with Crippen LogP contribution in [0, 0.1) is 5.41 Å². The maximum atomic E-state index is 10.9. The van der Waals surface area contributed by atoms with Crippen molar-refractivity contribution >= 4 is 28.6 Å². The number of rotatable bonds is 7. The minimum Gasteiger partial charge on any atom is -0.481 e. The van der Waals surface area contributed by atoms with Crippen molar-refractivity contribution in [3.8, 4) is 0 Å². The molecule has 0 rings (SSSR count). The van der Waals surface area contributed by atoms with Crippen molar-refractivity contribution in [3.63, 3.8) is 0 Å². The van der Waals surface area contributed by atoms with E-state index >= 15 is 0 Å². The zero-order valence-corrected chi connectivity index (χ0v) is 9.16. The molecule has 0 aromatic carbocycles. The van der Waals surface area contributed by atoms with Crippen LogP contribution in [0.15, 0.2) is 0 Å². The highest BCUT2D eigenvalue weighted by atomic mass is 32.2. The van der Waals surface area contributed by atoms with Gasteiger partial charge in [-0.15, -0.1) is 0 Å². The molecule has 0 aromatic rings. The fraction of sp³-hybridized carbons (Fsp3) is 0.571. The van der Waals surface area contributed by atoms with E-state index in [2.05, 4.69) is 0 Å². The van der Waals surface area contributed by atoms with Crippen molar-refractivity contribution < 1.29 is 43.2 Å². The Hall–Kier alpha value is -1.68. The number of carbonyl (C=O) groups is 3. The SMILES string of the molecule is O=C(O)CC(CC(=O)O)(C(=O)O)C(O)[SH](=O)=O. The second kappa shape index (κ2) is 5.59. The third-order valence-electron chi connectivity index (χ3n) is 2.05. The maximum Gasteiger partial charge on any atom is 0.314 e. The Kier molecular flexibility index (Phi) is 5.04. The Balaban J connectivity index is 5.61. The predicted molar refractivity (Wildman–Crippen MR) is 50.9 cm³/mol. The molecule has 0 spiro atoms. The van der Waals surface area contributed by atoms with Gasteiger partial charge in [0.05, 0.1) is 12.8 Å². The van der Waals surface area contributed by atoms with E-state index in [0.29, 0.717) is 0 Å². The van der Waals surface area contributed by atoms with Crippen LogP contribution in [0.2, 0.25) is 0 Å². The number of hydrogen-bond acceptors (Lipinski definition) is 6. The van der Waals surface area contributed by atoms with Crippen LogP contribution in [0.3, 0.4) is 0 Å². The van der Waals surface area contributed by atoms with Crippen molar-refractivity contribution in [2.24, 2.45) is 5.41 Å². The van der Waals surface area contributed by atoms with Gasteiger partial charge in [-0.2, -0.15) is 0 Å². The van der Waals surface area contributed by atoms with E-state index in [1.54, 1.807) is 0 Å². The summed E-state index contributed by atoms with van der Waals surface area (Å²) >= 11 is 0. The molecule has 4 N–H and O–H groups in total. The van der Waals surface area contributed by atoms with E-state index in [0.717, 1.165) is 0 Å². The lowest BCUT2D eigenvalue weighted by molar-refractivity contribution is -0.165. The average Bonchev–Trinajstić information content (AvgIpc) is 2.13. The summed E-state index contributed by atoms with van der Waals surface area (Å²) in [6.07, 6.45) is -2.64. The molecule has 1 atom stereocenters. The summed E-state index contributed by atoms with van der Waals surface area (Å²) in [5.41, 5.74) is -5.39. The molecule has 0 bridgehead atoms. The normalized spacial score (nSPS) is 13.3. The van der Waals surface area contributed by atoms with Crippen molar-refractivity contribution in [1.82, 2.24) is 0 Å². The number of aliphatic carboxylic acids is 3. The summed E-state index contributed by atoms with van der Waals surface area (Å²) in [5.74, 6) is -5.47. The molecule has 17 heavy (non-hydrogen) atoms. The summed E-state index contributed by atoms with van der Waals surface area (Å²) in [6, 6.07) is 0. The zero-order chi connectivity index (χ0) is 13.8. The van der Waals surface area contributed by atoms with Crippen molar-refractivity contribution in [1.29, 1.82) is 0 Å². The molecule has 0 aliphatic heterocycles. The van der Waals surface area contributed by atoms with Gasteiger partial charge in [-0.25, -0.2) is 8.42 Å². The Morgan fingerprint density at radius 3 is 1.53 bits per heavy atom. The van der Waals surface area contributed by atoms with Crippen LogP contribution in [0.25, 0.3) is 0 Å². The topological polar surface area (TPSA) is 166 Å². The molecule has 9 nitrogen and oxygen atoms in total. The van der Waals surface area contributed by atoms with Gasteiger partial charge in [0.1, 0.15) is 5.41 Å². The summed E-state index contributed by atoms with van der Waals surface area (Å²) < 4.78 is 21.1. The van der Waals surface area contributed by atoms with Gasteiger partial charge in [-0.05, 0) is 0 Å². The van der Waals surface area contributed by atoms with E-state index < -0.39 is 52.3 Å². The molecule has 0 aliphatic rings. The maximum absolute atomic E-state index is 10.9. The summed E-state index contributed by atoms with van der Waals surface area (Å²) in [7, 11) is -3.70. The first-order valence-corrected chi connectivity index (χ1v) is 5.36. The van der Waals surface area contributed by atoms with Gasteiger partial charge >= 0.3 is 17.9 Å². The largest absolute Gasteiger partial charge is 0.481 e. The third kappa shape index (κ3) is 3.67. The van der Waals surface area contributed by atoms with Crippen LogP contribution in [0.5, 0.6) is 0 Å². The fourth-order valence-electron chi connectivity index (χ4n) is 1.25. The van der Waals surface area contributed by atoms with Gasteiger partial charge in [-0.3, -0.25) is 14.4 Å². The summed E-state index contributed by atoms with van der Waals surface area (Å²) in [6.45, 7) is 0. The first-order valence-electron chi connectivity index (χ1n) is 4.12. The van der Waals surface area contributed by atoms with E-state index in [1.807, 2.05) is 0 Å². The Bertz CT molecular complexity index is 386. The van der Waals surface area contributed by atoms with Crippen LogP contribution >= 0.6 is 0 Å². The van der Waals surface area contributed by atoms with Crippen molar-refractivity contribution in [2.75, 3.05) is 0 Å². The molecule has 1 unspecified atom stereocenters. The average molecular weight is 270 g/mol. The van der Waals surface area contributed by atoms with Gasteiger partial charge in [0.25, 0.3) is 0 Å². The van der Waals surface area contributed by atoms with Gasteiger partial charge < -0.3 is 20.4 Å². The standard InChI is InChI=1S/C7H10O9S/c8-3(9)1-7(5(12)13,2-4(10)11)6(14)17(15)16/h6,14,17H,1-2H2,(H,8,9)(H,10,11)(H,12,13). The molecule has 0 heterocycles. The molecular weight excluding hydrogens is 260 g/mol. The van der Waals surface area contributed by atoms with E-state index in [-0.39, 0.29) is 0 Å². The van der Waals surface area contributed by atoms with E-state index in [4.69, 9.17) is 15.3 Å². The smallest absolute Gasteiger partial charge is 0.314 e. The highest BCUT2D eigenvalue weighted by Gasteiger charge is 2.50. The Labute approximate surface area is 96.2 Å². The number of aliphatic hydroxyl groups excluding tert-OH is 1. The predicted octanol–water partition coefficient (Wildman–Crippen LogP) is -2.06. The highest BCUT2D eigenvalue weighted by Crippen LogP contribution is 2.32. The minimum atomic E-state index is -3.70. The lowest BCUT2D eigenvalue weighted by Gasteiger charge is -2.27. The third-order valence-corrected chi connectivity index (χ3v) is 2.95. The minimum absolute atomic E-state index is 1.32. The number of carboxylic acid groups (broad SMARTS) is 3. The van der Waals surface area contributed by atoms with E-state index in [1.165, 1.54) is 0 Å². The molecule has 0 amide bonds. The van der Waals surface area contributed by atoms with E-state index in [9.17, 15) is 27.9 Å². The van der Waals surface area contributed by atoms with Crippen LogP contribution in [0.1, 0.15) is 12.8 Å². The second-order valence-corrected chi connectivity index (χ2v) is 4.32. The molecule has 0 saturated carbocycles. The molecule has 98 valence electrons. The molecule has 0 saturated heterocycles. The lowest BCUT2D eigenvalue weighted by atomic mass is 9.81. The van der Waals surface area contributed by atoms with Crippen LogP contribution in [0.4, 0.5) is 0 Å². The molecule has 0 aromatic heterocycles. The summed E-state index contributed by atoms with van der Waals surface area (Å²) in [4.78, 5) is 31.8. The first kappa shape index (κ1) is 15.3. The number of hydrogen-bond donors (Lipinski definition) is 5. The van der Waals surface area contributed by atoms with Crippen LogP contribution < -0.4 is 0 Å². The van der Waals surface area contributed by atoms with Gasteiger partial charge in [0.2, 0.25) is 0 Å². The first-order chi connectivity index (χ1) is 7.63. The van der Waals surface area contributed by atoms with Gasteiger partial charge in [0.15, 0.2) is 16.1 Å². The fourth-order valence-corrected chi connectivity index (χ4v) is 1.94. The molecule has 0 aliphatic carbocycles. The van der Waals surface area contributed by atoms with Crippen molar-refractivity contribution in [3.05, 3.63) is 0 Å². The lowest BCUT2D eigenvalue weighted by Crippen LogP contribution is -2.46. The second-order valence-electron chi connectivity index (χ2n) is 3.26. The number of aliphatic hydroxyl groups is 1. The number of carboxylic acids is 3.